The Bertz CT molecular complexity index is 816. The van der Waals surface area contributed by atoms with Gasteiger partial charge in [-0.1, -0.05) is 24.6 Å². The minimum atomic E-state index is -4.96. The number of nitrogens with two attached hydrogens (primary N) is 1. The topological polar surface area (TPSA) is 79.5 Å². The van der Waals surface area contributed by atoms with Crippen molar-refractivity contribution in [3.8, 4) is 0 Å². The van der Waals surface area contributed by atoms with Crippen LogP contribution in [0.3, 0.4) is 0 Å². The van der Waals surface area contributed by atoms with Gasteiger partial charge in [-0.2, -0.15) is 13.2 Å². The Labute approximate surface area is 164 Å². The number of nitrogens with one attached hydrogen (secondary N) is 2. The summed E-state index contributed by atoms with van der Waals surface area (Å²) in [6.07, 6.45) is -1.54. The first-order valence-corrected chi connectivity index (χ1v) is 8.77. The summed E-state index contributed by atoms with van der Waals surface area (Å²) in [5.74, 6) is -1.78. The summed E-state index contributed by atoms with van der Waals surface area (Å²) in [6.45, 7) is 3.66. The lowest BCUT2D eigenvalue weighted by molar-refractivity contribution is -0.118. The third-order valence-electron chi connectivity index (χ3n) is 4.17. The molecule has 2 rings (SSSR count). The fourth-order valence-corrected chi connectivity index (χ4v) is 2.69. The van der Waals surface area contributed by atoms with E-state index in [0.717, 1.165) is 31.4 Å². The molecule has 0 atom stereocenters. The molecule has 1 saturated carbocycles. The van der Waals surface area contributed by atoms with Gasteiger partial charge >= 0.3 is 6.18 Å². The number of amides is 1. The van der Waals surface area contributed by atoms with Crippen molar-refractivity contribution >= 4 is 28.9 Å². The molecule has 0 heterocycles. The van der Waals surface area contributed by atoms with Crippen molar-refractivity contribution in [2.24, 2.45) is 16.6 Å². The van der Waals surface area contributed by atoms with Crippen LogP contribution in [0.1, 0.15) is 19.3 Å². The van der Waals surface area contributed by atoms with Crippen LogP contribution in [0.25, 0.3) is 0 Å². The summed E-state index contributed by atoms with van der Waals surface area (Å²) in [5.41, 5.74) is 3.06. The zero-order valence-corrected chi connectivity index (χ0v) is 15.5. The Hall–Kier alpha value is -2.55. The van der Waals surface area contributed by atoms with Crippen LogP contribution in [-0.2, 0) is 4.79 Å². The molecule has 0 aromatic heterocycles. The zero-order valence-electron chi connectivity index (χ0n) is 14.7. The molecule has 0 saturated heterocycles. The smallest absolute Gasteiger partial charge is 0.404 e. The predicted molar refractivity (Wildman–Crippen MR) is 100 cm³/mol. The summed E-state index contributed by atoms with van der Waals surface area (Å²) >= 11 is 5.82. The van der Waals surface area contributed by atoms with Crippen molar-refractivity contribution in [2.75, 3.05) is 11.9 Å². The third-order valence-corrected chi connectivity index (χ3v) is 4.48. The van der Waals surface area contributed by atoms with Crippen LogP contribution in [0, 0.1) is 11.7 Å². The Morgan fingerprint density at radius 2 is 2.07 bits per heavy atom. The first-order valence-electron chi connectivity index (χ1n) is 8.39. The number of hydrogen-bond donors (Lipinski definition) is 3. The van der Waals surface area contributed by atoms with Crippen LogP contribution in [0.15, 0.2) is 47.4 Å². The number of carbonyl (C=O) groups is 1. The molecular formula is C18H19ClF4N4O. The highest BCUT2D eigenvalue weighted by molar-refractivity contribution is 6.33. The fourth-order valence-electron chi connectivity index (χ4n) is 2.48. The molecule has 10 heteroatoms. The maximum atomic E-state index is 13.5. The molecular weight excluding hydrogens is 400 g/mol. The number of carbonyl (C=O) groups excluding carboxylic acids is 1. The lowest BCUT2D eigenvalue weighted by Gasteiger charge is -2.25. The van der Waals surface area contributed by atoms with Crippen molar-refractivity contribution in [3.63, 3.8) is 0 Å². The molecule has 152 valence electrons. The van der Waals surface area contributed by atoms with Gasteiger partial charge in [0.1, 0.15) is 11.6 Å². The summed E-state index contributed by atoms with van der Waals surface area (Å²) in [5, 5.41) is 4.82. The first kappa shape index (κ1) is 21.7. The minimum absolute atomic E-state index is 0.0715. The van der Waals surface area contributed by atoms with Crippen molar-refractivity contribution in [1.29, 1.82) is 0 Å². The van der Waals surface area contributed by atoms with Crippen molar-refractivity contribution in [1.82, 2.24) is 5.32 Å². The first-order chi connectivity index (χ1) is 13.1. The van der Waals surface area contributed by atoms with Crippen LogP contribution in [0.2, 0.25) is 5.02 Å². The van der Waals surface area contributed by atoms with Crippen LogP contribution < -0.4 is 16.4 Å². The van der Waals surface area contributed by atoms with Gasteiger partial charge in [0.2, 0.25) is 0 Å². The number of nitrogens with zero attached hydrogens (tertiary/aromatic N) is 1. The van der Waals surface area contributed by atoms with Crippen LogP contribution in [0.4, 0.5) is 23.2 Å². The molecule has 1 aromatic rings. The summed E-state index contributed by atoms with van der Waals surface area (Å²) in [7, 11) is 0. The molecule has 1 aromatic carbocycles. The van der Waals surface area contributed by atoms with E-state index in [2.05, 4.69) is 22.2 Å². The van der Waals surface area contributed by atoms with Gasteiger partial charge < -0.3 is 16.4 Å². The van der Waals surface area contributed by atoms with Gasteiger partial charge in [0.05, 0.1) is 16.3 Å². The summed E-state index contributed by atoms with van der Waals surface area (Å²) < 4.78 is 53.5. The molecule has 4 N–H and O–H groups in total. The maximum Gasteiger partial charge on any atom is 0.434 e. The maximum absolute atomic E-state index is 13.5. The number of hydrogen-bond acceptors (Lipinski definition) is 4. The van der Waals surface area contributed by atoms with E-state index < -0.39 is 35.0 Å². The zero-order chi connectivity index (χ0) is 20.9. The molecule has 0 spiro atoms. The second-order valence-electron chi connectivity index (χ2n) is 6.24. The lowest BCUT2D eigenvalue weighted by atomic mass is 9.85. The molecule has 0 aliphatic heterocycles. The molecule has 0 unspecified atom stereocenters. The van der Waals surface area contributed by atoms with Gasteiger partial charge in [-0.15, -0.1) is 0 Å². The van der Waals surface area contributed by atoms with E-state index in [1.54, 1.807) is 0 Å². The highest BCUT2D eigenvalue weighted by Crippen LogP contribution is 2.27. The molecule has 1 fully saturated rings. The van der Waals surface area contributed by atoms with Gasteiger partial charge in [-0.25, -0.2) is 9.38 Å². The summed E-state index contributed by atoms with van der Waals surface area (Å²) in [4.78, 5) is 15.6. The average molecular weight is 419 g/mol. The van der Waals surface area contributed by atoms with Gasteiger partial charge in [0, 0.05) is 12.7 Å². The molecule has 0 radical (unpaired) electrons. The largest absolute Gasteiger partial charge is 0.434 e. The summed E-state index contributed by atoms with van der Waals surface area (Å²) in [6, 6.07) is 3.26. The number of aliphatic imine (C=N–C) groups is 1. The number of halogens is 5. The van der Waals surface area contributed by atoms with E-state index in [0.29, 0.717) is 6.20 Å². The lowest BCUT2D eigenvalue weighted by Crippen LogP contribution is -2.38. The molecule has 1 aliphatic carbocycles. The van der Waals surface area contributed by atoms with Crippen molar-refractivity contribution < 1.29 is 22.4 Å². The monoisotopic (exact) mass is 418 g/mol. The molecule has 28 heavy (non-hydrogen) atoms. The highest BCUT2D eigenvalue weighted by atomic mass is 35.5. The highest BCUT2D eigenvalue weighted by Gasteiger charge is 2.40. The Morgan fingerprint density at radius 3 is 2.57 bits per heavy atom. The quantitative estimate of drug-likeness (QED) is 0.354. The van der Waals surface area contributed by atoms with Crippen LogP contribution >= 0.6 is 11.6 Å². The van der Waals surface area contributed by atoms with Gasteiger partial charge in [-0.05, 0) is 37.0 Å². The predicted octanol–water partition coefficient (Wildman–Crippen LogP) is 4.12. The average Bonchev–Trinajstić information content (AvgIpc) is 2.55. The van der Waals surface area contributed by atoms with Gasteiger partial charge in [0.25, 0.3) is 5.91 Å². The second-order valence-corrected chi connectivity index (χ2v) is 6.65. The van der Waals surface area contributed by atoms with Crippen LogP contribution in [0.5, 0.6) is 0 Å². The molecule has 5 nitrogen and oxygen atoms in total. The molecule has 0 bridgehead atoms. The Kier molecular flexibility index (Phi) is 7.06. The van der Waals surface area contributed by atoms with E-state index in [4.69, 9.17) is 17.3 Å². The Balaban J connectivity index is 2.20. The standard InChI is InChI=1S/C18H19ClF4N4O/c1-10(26-15-6-5-12(20)7-14(15)19)27-16(18(21,22)23)13(8-24)17(28)25-9-11-3-2-4-11/h5-8,11,26H,1-4,9,24H2,(H,25,28)/b13-8+,27-16+. The number of anilines is 1. The van der Waals surface area contributed by atoms with Crippen LogP contribution in [-0.4, -0.2) is 24.3 Å². The normalized spacial score (nSPS) is 15.8. The van der Waals surface area contributed by atoms with E-state index in [1.165, 1.54) is 6.07 Å². The molecule has 1 aliphatic rings. The van der Waals surface area contributed by atoms with E-state index >= 15 is 0 Å². The third kappa shape index (κ3) is 5.72. The number of rotatable bonds is 7. The van der Waals surface area contributed by atoms with Crippen molar-refractivity contribution in [2.45, 2.75) is 25.4 Å². The van der Waals surface area contributed by atoms with Gasteiger partial charge in [0.15, 0.2) is 5.71 Å². The van der Waals surface area contributed by atoms with E-state index in [9.17, 15) is 22.4 Å². The second kappa shape index (κ2) is 9.09. The fraction of sp³-hybridized carbons (Fsp3) is 0.333. The molecule has 1 amide bonds. The van der Waals surface area contributed by atoms with Gasteiger partial charge in [-0.3, -0.25) is 4.79 Å². The number of alkyl halides is 3. The number of benzene rings is 1. The SMILES string of the molecule is C=C(/N=C(\C(=C/N)C(=O)NCC1CCC1)C(F)(F)F)Nc1ccc(F)cc1Cl. The minimum Gasteiger partial charge on any atom is -0.404 e. The Morgan fingerprint density at radius 1 is 1.39 bits per heavy atom. The van der Waals surface area contributed by atoms with Crippen molar-refractivity contribution in [3.05, 3.63) is 53.2 Å². The van der Waals surface area contributed by atoms with E-state index in [1.807, 2.05) is 0 Å². The van der Waals surface area contributed by atoms with E-state index in [-0.39, 0.29) is 23.2 Å².